The Labute approximate surface area is 247 Å². The molecule has 5 nitrogen and oxygen atoms in total. The highest BCUT2D eigenvalue weighted by molar-refractivity contribution is 8.02. The van der Waals surface area contributed by atoms with Crippen molar-refractivity contribution < 1.29 is 14.3 Å². The van der Waals surface area contributed by atoms with Gasteiger partial charge in [0, 0.05) is 30.1 Å². The Morgan fingerprint density at radius 3 is 2.02 bits per heavy atom. The molecule has 0 saturated carbocycles. The summed E-state index contributed by atoms with van der Waals surface area (Å²) in [5.41, 5.74) is 2.51. The van der Waals surface area contributed by atoms with Crippen molar-refractivity contribution in [2.75, 3.05) is 24.9 Å². The van der Waals surface area contributed by atoms with Crippen molar-refractivity contribution in [1.29, 1.82) is 0 Å². The fourth-order valence-corrected chi connectivity index (χ4v) is 5.66. The van der Waals surface area contributed by atoms with Crippen LogP contribution in [0.3, 0.4) is 0 Å². The van der Waals surface area contributed by atoms with Crippen molar-refractivity contribution in [3.05, 3.63) is 65.2 Å². The number of unbranched alkanes of at least 4 members (excludes halogenated alkanes) is 13. The minimum atomic E-state index is -0.138. The highest BCUT2D eigenvalue weighted by Gasteiger charge is 2.11. The summed E-state index contributed by atoms with van der Waals surface area (Å²) in [6, 6.07) is 13.4. The molecule has 2 aromatic rings. The zero-order valence-electron chi connectivity index (χ0n) is 24.8. The molecular formula is C34H50N2O3S. The maximum absolute atomic E-state index is 12.8. The van der Waals surface area contributed by atoms with Gasteiger partial charge in [0.05, 0.1) is 19.6 Å². The molecule has 1 N–H and O–H groups in total. The molecule has 1 heterocycles. The standard InChI is InChI=1S/C34H50N2O3S/c1-3-4-5-6-7-8-9-10-11-12-13-14-15-16-24-39-32-22-21-31(26-33(32)38-2)35-34(37)30-19-17-29(18-20-30)27-36-23-25-40-28-36/h17-23,25-26H,3-16,24,27-28H2,1-2H3,(H,35,37). The van der Waals surface area contributed by atoms with E-state index in [1.54, 1.807) is 18.9 Å². The van der Waals surface area contributed by atoms with Gasteiger partial charge in [0.1, 0.15) is 0 Å². The number of thioether (sulfide) groups is 1. The predicted octanol–water partition coefficient (Wildman–Crippen LogP) is 9.79. The first-order valence-electron chi connectivity index (χ1n) is 15.4. The van der Waals surface area contributed by atoms with Crippen molar-refractivity contribution in [2.24, 2.45) is 0 Å². The van der Waals surface area contributed by atoms with Gasteiger partial charge in [0.2, 0.25) is 0 Å². The van der Waals surface area contributed by atoms with Crippen LogP contribution in [0.5, 0.6) is 11.5 Å². The zero-order valence-corrected chi connectivity index (χ0v) is 25.6. The lowest BCUT2D eigenvalue weighted by atomic mass is 10.0. The topological polar surface area (TPSA) is 50.8 Å². The van der Waals surface area contributed by atoms with Crippen molar-refractivity contribution in [3.63, 3.8) is 0 Å². The number of methoxy groups -OCH3 is 1. The quantitative estimate of drug-likeness (QED) is 0.152. The molecule has 1 amide bonds. The molecule has 2 aromatic carbocycles. The first-order valence-corrected chi connectivity index (χ1v) is 16.5. The molecule has 1 aliphatic rings. The van der Waals surface area contributed by atoms with E-state index in [9.17, 15) is 4.79 Å². The largest absolute Gasteiger partial charge is 0.493 e. The maximum Gasteiger partial charge on any atom is 0.255 e. The van der Waals surface area contributed by atoms with Gasteiger partial charge in [-0.1, -0.05) is 103 Å². The smallest absolute Gasteiger partial charge is 0.255 e. The lowest BCUT2D eigenvalue weighted by molar-refractivity contribution is 0.102. The summed E-state index contributed by atoms with van der Waals surface area (Å²) in [5, 5.41) is 5.08. The second kappa shape index (κ2) is 19.5. The number of carbonyl (C=O) groups excluding carboxylic acids is 1. The zero-order chi connectivity index (χ0) is 28.3. The lowest BCUT2D eigenvalue weighted by Gasteiger charge is -2.15. The summed E-state index contributed by atoms with van der Waals surface area (Å²) in [6.45, 7) is 3.81. The molecule has 0 saturated heterocycles. The Balaban J connectivity index is 1.27. The summed E-state index contributed by atoms with van der Waals surface area (Å²) >= 11 is 1.79. The lowest BCUT2D eigenvalue weighted by Crippen LogP contribution is -2.14. The van der Waals surface area contributed by atoms with Gasteiger partial charge in [0.15, 0.2) is 11.5 Å². The molecule has 0 aromatic heterocycles. The molecule has 0 unspecified atom stereocenters. The van der Waals surface area contributed by atoms with Crippen LogP contribution in [-0.2, 0) is 6.54 Å². The first kappa shape index (κ1) is 31.9. The summed E-state index contributed by atoms with van der Waals surface area (Å²) in [7, 11) is 1.63. The summed E-state index contributed by atoms with van der Waals surface area (Å²) < 4.78 is 11.5. The predicted molar refractivity (Wildman–Crippen MR) is 170 cm³/mol. The number of ether oxygens (including phenoxy) is 2. The normalized spacial score (nSPS) is 12.6. The Morgan fingerprint density at radius 1 is 0.825 bits per heavy atom. The third kappa shape index (κ3) is 12.3. The Kier molecular flexibility index (Phi) is 15.5. The van der Waals surface area contributed by atoms with Crippen molar-refractivity contribution in [3.8, 4) is 11.5 Å². The van der Waals surface area contributed by atoms with Gasteiger partial charge in [-0.25, -0.2) is 0 Å². The van der Waals surface area contributed by atoms with E-state index in [1.165, 1.54) is 89.0 Å². The van der Waals surface area contributed by atoms with Gasteiger partial charge in [-0.15, -0.1) is 11.8 Å². The van der Waals surface area contributed by atoms with Gasteiger partial charge < -0.3 is 19.7 Å². The molecule has 0 bridgehead atoms. The van der Waals surface area contributed by atoms with Crippen LogP contribution in [0.4, 0.5) is 5.69 Å². The van der Waals surface area contributed by atoms with E-state index < -0.39 is 0 Å². The molecule has 1 aliphatic heterocycles. The van der Waals surface area contributed by atoms with E-state index in [0.29, 0.717) is 29.4 Å². The summed E-state index contributed by atoms with van der Waals surface area (Å²) in [6.07, 6.45) is 20.9. The van der Waals surface area contributed by atoms with Crippen molar-refractivity contribution in [2.45, 2.75) is 103 Å². The van der Waals surface area contributed by atoms with Crippen LogP contribution >= 0.6 is 11.8 Å². The number of nitrogens with zero attached hydrogens (tertiary/aromatic N) is 1. The first-order chi connectivity index (χ1) is 19.7. The molecule has 40 heavy (non-hydrogen) atoms. The third-order valence-corrected chi connectivity index (χ3v) is 8.18. The number of rotatable bonds is 21. The second-order valence-electron chi connectivity index (χ2n) is 10.8. The molecule has 0 aliphatic carbocycles. The number of nitrogens with one attached hydrogen (secondary N) is 1. The minimum absolute atomic E-state index is 0.138. The Morgan fingerprint density at radius 2 is 1.45 bits per heavy atom. The number of benzene rings is 2. The number of hydrogen-bond acceptors (Lipinski definition) is 5. The molecule has 6 heteroatoms. The Bertz CT molecular complexity index is 1010. The van der Waals surface area contributed by atoms with Gasteiger partial charge in [0.25, 0.3) is 5.91 Å². The highest BCUT2D eigenvalue weighted by atomic mass is 32.2. The van der Waals surface area contributed by atoms with Crippen LogP contribution < -0.4 is 14.8 Å². The van der Waals surface area contributed by atoms with Crippen LogP contribution in [0.1, 0.15) is 113 Å². The number of amides is 1. The van der Waals surface area contributed by atoms with E-state index >= 15 is 0 Å². The van der Waals surface area contributed by atoms with Crippen LogP contribution in [-0.4, -0.2) is 30.4 Å². The maximum atomic E-state index is 12.8. The SMILES string of the molecule is CCCCCCCCCCCCCCCCOc1ccc(NC(=O)c2ccc(CN3C=CSC3)cc2)cc1OC. The van der Waals surface area contributed by atoms with Gasteiger partial charge in [-0.2, -0.15) is 0 Å². The fraction of sp³-hybridized carbons (Fsp3) is 0.559. The minimum Gasteiger partial charge on any atom is -0.493 e. The number of hydrogen-bond donors (Lipinski definition) is 1. The van der Waals surface area contributed by atoms with Gasteiger partial charge in [-0.3, -0.25) is 4.79 Å². The molecule has 3 rings (SSSR count). The van der Waals surface area contributed by atoms with E-state index in [-0.39, 0.29) is 5.91 Å². The summed E-state index contributed by atoms with van der Waals surface area (Å²) in [5.74, 6) is 2.19. The van der Waals surface area contributed by atoms with Crippen LogP contribution in [0.25, 0.3) is 0 Å². The van der Waals surface area contributed by atoms with E-state index in [1.807, 2.05) is 42.5 Å². The number of carbonyl (C=O) groups is 1. The van der Waals surface area contributed by atoms with Crippen molar-refractivity contribution in [1.82, 2.24) is 4.90 Å². The average Bonchev–Trinajstić information content (AvgIpc) is 3.49. The van der Waals surface area contributed by atoms with Crippen LogP contribution in [0, 0.1) is 0 Å². The molecular weight excluding hydrogens is 516 g/mol. The van der Waals surface area contributed by atoms with Gasteiger partial charge >= 0.3 is 0 Å². The Hall–Kier alpha value is -2.60. The van der Waals surface area contributed by atoms with E-state index in [2.05, 4.69) is 28.7 Å². The molecule has 0 fully saturated rings. The summed E-state index contributed by atoms with van der Waals surface area (Å²) in [4.78, 5) is 15.0. The molecule has 0 radical (unpaired) electrons. The number of anilines is 1. The van der Waals surface area contributed by atoms with E-state index in [0.717, 1.165) is 18.8 Å². The molecule has 220 valence electrons. The monoisotopic (exact) mass is 566 g/mol. The molecule has 0 spiro atoms. The van der Waals surface area contributed by atoms with Gasteiger partial charge in [-0.05, 0) is 41.7 Å². The fourth-order valence-electron chi connectivity index (χ4n) is 4.95. The van der Waals surface area contributed by atoms with Crippen LogP contribution in [0.2, 0.25) is 0 Å². The van der Waals surface area contributed by atoms with Crippen molar-refractivity contribution >= 4 is 23.4 Å². The third-order valence-electron chi connectivity index (χ3n) is 7.39. The average molecular weight is 567 g/mol. The van der Waals surface area contributed by atoms with Crippen LogP contribution in [0.15, 0.2) is 54.1 Å². The second-order valence-corrected chi connectivity index (χ2v) is 11.7. The highest BCUT2D eigenvalue weighted by Crippen LogP contribution is 2.31. The van der Waals surface area contributed by atoms with E-state index in [4.69, 9.17) is 9.47 Å². The molecule has 0 atom stereocenters.